The normalized spacial score (nSPS) is 20.1. The van der Waals surface area contributed by atoms with E-state index in [2.05, 4.69) is 15.0 Å². The molecule has 2 aromatic heterocycles. The molecular formula is C11H12Cl2N4O2. The summed E-state index contributed by atoms with van der Waals surface area (Å²) in [6.45, 7) is 0.464. The van der Waals surface area contributed by atoms with Gasteiger partial charge in [-0.2, -0.15) is 4.98 Å². The van der Waals surface area contributed by atoms with Gasteiger partial charge in [-0.3, -0.25) is 4.57 Å². The number of hydrogen-bond donors (Lipinski definition) is 1. The second-order valence-electron chi connectivity index (χ2n) is 4.33. The van der Waals surface area contributed by atoms with Crippen molar-refractivity contribution in [3.05, 3.63) is 16.3 Å². The molecule has 0 amide bonds. The number of aliphatic hydroxyl groups excluding tert-OH is 1. The molecule has 6 nitrogen and oxygen atoms in total. The number of imidazole rings is 1. The Bertz CT molecular complexity index is 610. The highest BCUT2D eigenvalue weighted by Crippen LogP contribution is 2.30. The Morgan fingerprint density at radius 2 is 2.11 bits per heavy atom. The minimum atomic E-state index is -0.218. The first kappa shape index (κ1) is 13.1. The van der Waals surface area contributed by atoms with Gasteiger partial charge in [0, 0.05) is 6.61 Å². The third-order valence-corrected chi connectivity index (χ3v) is 3.56. The lowest BCUT2D eigenvalue weighted by atomic mass is 10.2. The number of fused-ring (bicyclic) bond motifs is 1. The van der Waals surface area contributed by atoms with Crippen molar-refractivity contribution in [2.75, 3.05) is 6.61 Å². The summed E-state index contributed by atoms with van der Waals surface area (Å²) in [6.07, 6.45) is 2.75. The third kappa shape index (κ3) is 2.29. The van der Waals surface area contributed by atoms with Gasteiger partial charge in [-0.1, -0.05) is 11.6 Å². The lowest BCUT2D eigenvalue weighted by Gasteiger charge is -2.25. The molecule has 1 unspecified atom stereocenters. The molecule has 1 N–H and O–H groups in total. The predicted molar refractivity (Wildman–Crippen MR) is 70.1 cm³/mol. The quantitative estimate of drug-likeness (QED) is 0.681. The molecule has 1 aliphatic heterocycles. The molecule has 0 saturated carbocycles. The standard InChI is InChI=1S/C11H12Cl2N4O2/c12-9-8-10(16-11(13)15-9)17(6(5-18)14-8)7-3-1-2-4-19-7/h7,18H,1-5H2. The van der Waals surface area contributed by atoms with Crippen LogP contribution in [0.3, 0.4) is 0 Å². The molecule has 3 rings (SSSR count). The molecule has 0 aliphatic carbocycles. The van der Waals surface area contributed by atoms with E-state index in [9.17, 15) is 5.11 Å². The molecule has 2 aromatic rings. The highest BCUT2D eigenvalue weighted by Gasteiger charge is 2.24. The van der Waals surface area contributed by atoms with Crippen molar-refractivity contribution in [3.63, 3.8) is 0 Å². The van der Waals surface area contributed by atoms with E-state index >= 15 is 0 Å². The summed E-state index contributed by atoms with van der Waals surface area (Å²) < 4.78 is 7.48. The van der Waals surface area contributed by atoms with Crippen LogP contribution < -0.4 is 0 Å². The van der Waals surface area contributed by atoms with Gasteiger partial charge in [0.2, 0.25) is 5.28 Å². The van der Waals surface area contributed by atoms with Crippen LogP contribution in [0.4, 0.5) is 0 Å². The van der Waals surface area contributed by atoms with Crippen LogP contribution in [0.5, 0.6) is 0 Å². The first-order valence-electron chi connectivity index (χ1n) is 6.03. The zero-order chi connectivity index (χ0) is 13.4. The van der Waals surface area contributed by atoms with Gasteiger partial charge in [-0.15, -0.1) is 0 Å². The first-order chi connectivity index (χ1) is 9.20. The molecule has 1 atom stereocenters. The van der Waals surface area contributed by atoms with E-state index in [0.717, 1.165) is 19.3 Å². The van der Waals surface area contributed by atoms with Crippen LogP contribution >= 0.6 is 23.2 Å². The highest BCUT2D eigenvalue weighted by atomic mass is 35.5. The summed E-state index contributed by atoms with van der Waals surface area (Å²) in [4.78, 5) is 12.3. The maximum absolute atomic E-state index is 9.45. The third-order valence-electron chi connectivity index (χ3n) is 3.13. The summed E-state index contributed by atoms with van der Waals surface area (Å²) in [7, 11) is 0. The van der Waals surface area contributed by atoms with Crippen LogP contribution in [0.25, 0.3) is 11.2 Å². The molecule has 0 bridgehead atoms. The number of ether oxygens (including phenoxy) is 1. The second-order valence-corrected chi connectivity index (χ2v) is 5.03. The highest BCUT2D eigenvalue weighted by molar-refractivity contribution is 6.35. The van der Waals surface area contributed by atoms with Crippen LogP contribution in [0.1, 0.15) is 31.3 Å². The molecule has 102 valence electrons. The van der Waals surface area contributed by atoms with Gasteiger partial charge in [0.05, 0.1) is 0 Å². The fraction of sp³-hybridized carbons (Fsp3) is 0.545. The Balaban J connectivity index is 2.19. The Hall–Kier alpha value is -0.950. The van der Waals surface area contributed by atoms with Gasteiger partial charge in [-0.05, 0) is 30.9 Å². The predicted octanol–water partition coefficient (Wildman–Crippen LogP) is 2.32. The van der Waals surface area contributed by atoms with Crippen LogP contribution in [0.2, 0.25) is 10.4 Å². The lowest BCUT2D eigenvalue weighted by molar-refractivity contribution is -0.0329. The topological polar surface area (TPSA) is 73.1 Å². The fourth-order valence-corrected chi connectivity index (χ4v) is 2.72. The monoisotopic (exact) mass is 302 g/mol. The average molecular weight is 303 g/mol. The van der Waals surface area contributed by atoms with E-state index in [1.54, 1.807) is 4.57 Å². The van der Waals surface area contributed by atoms with Crippen LogP contribution in [-0.4, -0.2) is 31.2 Å². The van der Waals surface area contributed by atoms with Gasteiger partial charge < -0.3 is 9.84 Å². The molecule has 0 aromatic carbocycles. The van der Waals surface area contributed by atoms with Crippen molar-refractivity contribution < 1.29 is 9.84 Å². The fourth-order valence-electron chi connectivity index (χ4n) is 2.30. The largest absolute Gasteiger partial charge is 0.388 e. The summed E-state index contributed by atoms with van der Waals surface area (Å²) >= 11 is 11.8. The zero-order valence-corrected chi connectivity index (χ0v) is 11.5. The number of hydrogen-bond acceptors (Lipinski definition) is 5. The van der Waals surface area contributed by atoms with Crippen molar-refractivity contribution in [3.8, 4) is 0 Å². The molecule has 1 saturated heterocycles. The van der Waals surface area contributed by atoms with E-state index in [4.69, 9.17) is 27.9 Å². The van der Waals surface area contributed by atoms with E-state index < -0.39 is 0 Å². The van der Waals surface area contributed by atoms with Crippen LogP contribution in [0.15, 0.2) is 0 Å². The van der Waals surface area contributed by atoms with E-state index in [1.807, 2.05) is 0 Å². The van der Waals surface area contributed by atoms with Crippen LogP contribution in [0, 0.1) is 0 Å². The molecule has 8 heteroatoms. The van der Waals surface area contributed by atoms with Crippen molar-refractivity contribution in [2.24, 2.45) is 0 Å². The minimum Gasteiger partial charge on any atom is -0.388 e. The molecular weight excluding hydrogens is 291 g/mol. The Kier molecular flexibility index (Phi) is 3.58. The minimum absolute atomic E-state index is 0.0546. The number of halogens is 2. The van der Waals surface area contributed by atoms with Gasteiger partial charge in [0.1, 0.15) is 24.2 Å². The summed E-state index contributed by atoms with van der Waals surface area (Å²) in [5, 5.41) is 9.68. The van der Waals surface area contributed by atoms with E-state index in [-0.39, 0.29) is 23.3 Å². The smallest absolute Gasteiger partial charge is 0.225 e. The SMILES string of the molecule is OCc1nc2c(Cl)nc(Cl)nc2n1C1CCCCO1. The van der Waals surface area contributed by atoms with Crippen molar-refractivity contribution in [2.45, 2.75) is 32.1 Å². The molecule has 0 spiro atoms. The van der Waals surface area contributed by atoms with E-state index in [0.29, 0.717) is 23.6 Å². The number of rotatable bonds is 2. The van der Waals surface area contributed by atoms with Crippen LogP contribution in [-0.2, 0) is 11.3 Å². The van der Waals surface area contributed by atoms with E-state index in [1.165, 1.54) is 0 Å². The van der Waals surface area contributed by atoms with Gasteiger partial charge in [0.25, 0.3) is 0 Å². The molecule has 1 aliphatic rings. The number of nitrogens with zero attached hydrogens (tertiary/aromatic N) is 4. The summed E-state index contributed by atoms with van der Waals surface area (Å²) in [6, 6.07) is 0. The second kappa shape index (κ2) is 5.20. The summed E-state index contributed by atoms with van der Waals surface area (Å²) in [5.41, 5.74) is 0.935. The van der Waals surface area contributed by atoms with Crippen molar-refractivity contribution >= 4 is 34.4 Å². The molecule has 3 heterocycles. The summed E-state index contributed by atoms with van der Waals surface area (Å²) in [5.74, 6) is 0.459. The maximum Gasteiger partial charge on any atom is 0.225 e. The number of aliphatic hydroxyl groups is 1. The Morgan fingerprint density at radius 1 is 1.26 bits per heavy atom. The zero-order valence-electron chi connectivity index (χ0n) is 10.0. The molecule has 19 heavy (non-hydrogen) atoms. The van der Waals surface area contributed by atoms with Gasteiger partial charge >= 0.3 is 0 Å². The molecule has 1 fully saturated rings. The van der Waals surface area contributed by atoms with Gasteiger partial charge in [0.15, 0.2) is 10.8 Å². The Labute approximate surface area is 119 Å². The maximum atomic E-state index is 9.45. The lowest BCUT2D eigenvalue weighted by Crippen LogP contribution is -2.20. The number of aromatic nitrogens is 4. The van der Waals surface area contributed by atoms with Gasteiger partial charge in [-0.25, -0.2) is 9.97 Å². The average Bonchev–Trinajstić information content (AvgIpc) is 2.78. The molecule has 0 radical (unpaired) electrons. The van der Waals surface area contributed by atoms with Crippen molar-refractivity contribution in [1.29, 1.82) is 0 Å². The first-order valence-corrected chi connectivity index (χ1v) is 6.78. The van der Waals surface area contributed by atoms with Crippen molar-refractivity contribution in [1.82, 2.24) is 19.5 Å². The Morgan fingerprint density at radius 3 is 2.79 bits per heavy atom.